The summed E-state index contributed by atoms with van der Waals surface area (Å²) < 4.78 is 28.8. The quantitative estimate of drug-likeness (QED) is 0.604. The van der Waals surface area contributed by atoms with Gasteiger partial charge < -0.3 is 10.2 Å². The number of carbonyl (C=O) groups is 1. The highest BCUT2D eigenvalue weighted by atomic mass is 35.5. The second-order valence-corrected chi connectivity index (χ2v) is 10.5. The van der Waals surface area contributed by atoms with Gasteiger partial charge >= 0.3 is 0 Å². The molecule has 164 valence electrons. The summed E-state index contributed by atoms with van der Waals surface area (Å²) in [5.41, 5.74) is 1.34. The Labute approximate surface area is 194 Å². The molecule has 1 saturated heterocycles. The molecule has 2 aliphatic heterocycles. The van der Waals surface area contributed by atoms with Crippen molar-refractivity contribution in [3.8, 4) is 10.6 Å². The molecule has 0 radical (unpaired) electrons. The minimum absolute atomic E-state index is 0.175. The Morgan fingerprint density at radius 3 is 2.66 bits per heavy atom. The SMILES string of the molecule is O=C(Nc1nnc(-c2ccccc2Cl)s1)C1CCCN(C2=NS(=O)(=O)c3ccccc32)C1. The van der Waals surface area contributed by atoms with Crippen molar-refractivity contribution in [2.24, 2.45) is 10.3 Å². The number of halogens is 1. The molecule has 3 heterocycles. The Morgan fingerprint density at radius 1 is 1.09 bits per heavy atom. The van der Waals surface area contributed by atoms with Crippen molar-refractivity contribution < 1.29 is 13.2 Å². The van der Waals surface area contributed by atoms with Crippen molar-refractivity contribution in [1.82, 2.24) is 15.1 Å². The van der Waals surface area contributed by atoms with Crippen LogP contribution in [0.5, 0.6) is 0 Å². The zero-order valence-electron chi connectivity index (χ0n) is 16.7. The monoisotopic (exact) mass is 487 g/mol. The summed E-state index contributed by atoms with van der Waals surface area (Å²) in [4.78, 5) is 15.0. The Kier molecular flexibility index (Phi) is 5.44. The highest BCUT2D eigenvalue weighted by Crippen LogP contribution is 2.33. The lowest BCUT2D eigenvalue weighted by Gasteiger charge is -2.33. The number of nitrogens with one attached hydrogen (secondary N) is 1. The van der Waals surface area contributed by atoms with Crippen LogP contribution in [0.2, 0.25) is 5.02 Å². The van der Waals surface area contributed by atoms with Gasteiger partial charge in [0.25, 0.3) is 10.0 Å². The fraction of sp³-hybridized carbons (Fsp3) is 0.238. The molecule has 1 N–H and O–H groups in total. The van der Waals surface area contributed by atoms with E-state index in [1.807, 2.05) is 23.1 Å². The number of rotatable bonds is 3. The van der Waals surface area contributed by atoms with E-state index < -0.39 is 10.0 Å². The number of aromatic nitrogens is 2. The third-order valence-corrected chi connectivity index (χ3v) is 7.99. The first kappa shape index (κ1) is 21.0. The van der Waals surface area contributed by atoms with Crippen LogP contribution in [0.4, 0.5) is 5.13 Å². The van der Waals surface area contributed by atoms with Crippen molar-refractivity contribution >= 4 is 49.8 Å². The van der Waals surface area contributed by atoms with Gasteiger partial charge in [0.2, 0.25) is 11.0 Å². The Balaban J connectivity index is 1.31. The zero-order chi connectivity index (χ0) is 22.3. The summed E-state index contributed by atoms with van der Waals surface area (Å²) in [6.07, 6.45) is 1.44. The van der Waals surface area contributed by atoms with E-state index in [0.717, 1.165) is 12.0 Å². The molecule has 2 aromatic carbocycles. The van der Waals surface area contributed by atoms with Crippen LogP contribution in [-0.4, -0.2) is 48.3 Å². The number of amidine groups is 1. The van der Waals surface area contributed by atoms with E-state index in [4.69, 9.17) is 11.6 Å². The van der Waals surface area contributed by atoms with Crippen LogP contribution in [0.3, 0.4) is 0 Å². The minimum Gasteiger partial charge on any atom is -0.355 e. The molecule has 0 spiro atoms. The van der Waals surface area contributed by atoms with Crippen LogP contribution >= 0.6 is 22.9 Å². The van der Waals surface area contributed by atoms with Crippen LogP contribution in [-0.2, 0) is 14.8 Å². The van der Waals surface area contributed by atoms with Gasteiger partial charge in [-0.1, -0.05) is 53.3 Å². The van der Waals surface area contributed by atoms with Crippen molar-refractivity contribution in [1.29, 1.82) is 0 Å². The van der Waals surface area contributed by atoms with Crippen molar-refractivity contribution in [2.75, 3.05) is 18.4 Å². The number of anilines is 1. The maximum absolute atomic E-state index is 12.9. The predicted molar refractivity (Wildman–Crippen MR) is 123 cm³/mol. The third-order valence-electron chi connectivity index (χ3n) is 5.46. The number of hydrogen-bond acceptors (Lipinski definition) is 7. The highest BCUT2D eigenvalue weighted by molar-refractivity contribution is 7.90. The second-order valence-electron chi connectivity index (χ2n) is 7.55. The normalized spacial score (nSPS) is 19.3. The molecule has 1 aromatic heterocycles. The van der Waals surface area contributed by atoms with E-state index >= 15 is 0 Å². The molecule has 2 aliphatic rings. The largest absolute Gasteiger partial charge is 0.355 e. The summed E-state index contributed by atoms with van der Waals surface area (Å²) in [6, 6.07) is 14.1. The van der Waals surface area contributed by atoms with Crippen LogP contribution in [0.1, 0.15) is 18.4 Å². The molecule has 1 amide bonds. The summed E-state index contributed by atoms with van der Waals surface area (Å²) in [5.74, 6) is -0.0871. The van der Waals surface area contributed by atoms with E-state index in [9.17, 15) is 13.2 Å². The highest BCUT2D eigenvalue weighted by Gasteiger charge is 2.35. The predicted octanol–water partition coefficient (Wildman–Crippen LogP) is 3.66. The maximum Gasteiger partial charge on any atom is 0.285 e. The molecule has 3 aromatic rings. The smallest absolute Gasteiger partial charge is 0.285 e. The molecule has 11 heteroatoms. The van der Waals surface area contributed by atoms with Gasteiger partial charge in [0.1, 0.15) is 4.90 Å². The summed E-state index contributed by atoms with van der Waals surface area (Å²) in [7, 11) is -3.70. The number of benzene rings is 2. The first-order valence-corrected chi connectivity index (χ1v) is 12.6. The van der Waals surface area contributed by atoms with E-state index in [0.29, 0.717) is 46.1 Å². The minimum atomic E-state index is -3.70. The lowest BCUT2D eigenvalue weighted by Crippen LogP contribution is -2.43. The molecule has 1 unspecified atom stereocenters. The molecular formula is C21H18ClN5O3S2. The summed E-state index contributed by atoms with van der Waals surface area (Å²) in [6.45, 7) is 1.02. The van der Waals surface area contributed by atoms with E-state index in [2.05, 4.69) is 19.9 Å². The van der Waals surface area contributed by atoms with Crippen LogP contribution in [0.15, 0.2) is 57.8 Å². The fourth-order valence-electron chi connectivity index (χ4n) is 3.92. The molecule has 8 nitrogen and oxygen atoms in total. The van der Waals surface area contributed by atoms with Gasteiger partial charge in [0.05, 0.1) is 10.9 Å². The number of nitrogens with zero attached hydrogens (tertiary/aromatic N) is 4. The standard InChI is InChI=1S/C21H18ClN5O3S2/c22-16-9-3-1-7-14(16)20-24-25-21(31-20)23-19(28)13-6-5-11-27(12-13)18-15-8-2-4-10-17(15)32(29,30)26-18/h1-4,7-10,13H,5-6,11-12H2,(H,23,25,28). The van der Waals surface area contributed by atoms with Crippen LogP contribution in [0.25, 0.3) is 10.6 Å². The molecule has 0 saturated carbocycles. The van der Waals surface area contributed by atoms with Crippen molar-refractivity contribution in [2.45, 2.75) is 17.7 Å². The molecular weight excluding hydrogens is 470 g/mol. The third kappa shape index (κ3) is 3.89. The lowest BCUT2D eigenvalue weighted by atomic mass is 9.96. The van der Waals surface area contributed by atoms with Gasteiger partial charge in [0.15, 0.2) is 10.8 Å². The number of fused-ring (bicyclic) bond motifs is 1. The fourth-order valence-corrected chi connectivity index (χ4v) is 6.22. The number of likely N-dealkylation sites (tertiary alicyclic amines) is 1. The van der Waals surface area contributed by atoms with E-state index in [1.54, 1.807) is 30.3 Å². The Hall–Kier alpha value is -2.82. The average Bonchev–Trinajstić information content (AvgIpc) is 3.36. The van der Waals surface area contributed by atoms with Crippen molar-refractivity contribution in [3.05, 3.63) is 59.1 Å². The molecule has 0 bridgehead atoms. The average molecular weight is 488 g/mol. The summed E-state index contributed by atoms with van der Waals surface area (Å²) >= 11 is 7.48. The van der Waals surface area contributed by atoms with Gasteiger partial charge in [-0.15, -0.1) is 14.6 Å². The number of carbonyl (C=O) groups excluding carboxylic acids is 1. The summed E-state index contributed by atoms with van der Waals surface area (Å²) in [5, 5.41) is 12.6. The second kappa shape index (κ2) is 8.27. The molecule has 32 heavy (non-hydrogen) atoms. The Bertz CT molecular complexity index is 1340. The first-order chi connectivity index (χ1) is 15.4. The van der Waals surface area contributed by atoms with Crippen LogP contribution < -0.4 is 5.32 Å². The molecule has 1 fully saturated rings. The number of hydrogen-bond donors (Lipinski definition) is 1. The molecule has 1 atom stereocenters. The molecule has 5 rings (SSSR count). The van der Waals surface area contributed by atoms with Gasteiger partial charge in [0, 0.05) is 24.2 Å². The van der Waals surface area contributed by atoms with Crippen LogP contribution in [0, 0.1) is 5.92 Å². The number of amides is 1. The topological polar surface area (TPSA) is 105 Å². The molecule has 0 aliphatic carbocycles. The number of sulfonamides is 1. The van der Waals surface area contributed by atoms with E-state index in [-0.39, 0.29) is 16.7 Å². The van der Waals surface area contributed by atoms with Crippen molar-refractivity contribution in [3.63, 3.8) is 0 Å². The van der Waals surface area contributed by atoms with Gasteiger partial charge in [-0.3, -0.25) is 4.79 Å². The van der Waals surface area contributed by atoms with Gasteiger partial charge in [-0.05, 0) is 31.0 Å². The lowest BCUT2D eigenvalue weighted by molar-refractivity contribution is -0.121. The first-order valence-electron chi connectivity index (χ1n) is 10.0. The van der Waals surface area contributed by atoms with Gasteiger partial charge in [-0.2, -0.15) is 8.42 Å². The maximum atomic E-state index is 12.9. The zero-order valence-corrected chi connectivity index (χ0v) is 19.1. The Morgan fingerprint density at radius 2 is 1.84 bits per heavy atom. The number of piperidine rings is 1. The van der Waals surface area contributed by atoms with Gasteiger partial charge in [-0.25, -0.2) is 0 Å². The van der Waals surface area contributed by atoms with E-state index in [1.165, 1.54) is 11.3 Å².